The highest BCUT2D eigenvalue weighted by Crippen LogP contribution is 2.39. The van der Waals surface area contributed by atoms with Crippen molar-refractivity contribution in [1.29, 1.82) is 5.41 Å². The molecular formula is C22H24ClN7. The fraction of sp³-hybridized carbons (Fsp3) is 0.273. The predicted octanol–water partition coefficient (Wildman–Crippen LogP) is 4.53. The monoisotopic (exact) mass is 421 g/mol. The summed E-state index contributed by atoms with van der Waals surface area (Å²) in [4.78, 5) is 9.30. The molecule has 1 aliphatic carbocycles. The average molecular weight is 422 g/mol. The van der Waals surface area contributed by atoms with Gasteiger partial charge in [0, 0.05) is 59.5 Å². The first kappa shape index (κ1) is 20.1. The molecular weight excluding hydrogens is 398 g/mol. The Labute approximate surface area is 180 Å². The lowest BCUT2D eigenvalue weighted by Crippen LogP contribution is -2.22. The Morgan fingerprint density at radius 2 is 2.07 bits per heavy atom. The standard InChI is InChI=1S/C22H24ClN7/c1-12-9-17(24)19(20(25-3)14-7-5-6-8-16(14)23)21-15(12)11-26-22(28-21)27-18-10-13(2)30(4)29-18/h5-8,10-12,24-25H,9H2,1-4H3,(H,26,27,28,29)/b20-19+,24-17?. The van der Waals surface area contributed by atoms with Crippen molar-refractivity contribution in [2.24, 2.45) is 7.05 Å². The van der Waals surface area contributed by atoms with Crippen molar-refractivity contribution in [3.63, 3.8) is 0 Å². The van der Waals surface area contributed by atoms with Crippen molar-refractivity contribution >= 4 is 40.3 Å². The molecule has 0 amide bonds. The van der Waals surface area contributed by atoms with Gasteiger partial charge >= 0.3 is 0 Å². The number of fused-ring (bicyclic) bond motifs is 1. The van der Waals surface area contributed by atoms with Crippen LogP contribution in [0.25, 0.3) is 11.3 Å². The molecule has 2 heterocycles. The van der Waals surface area contributed by atoms with Gasteiger partial charge < -0.3 is 16.0 Å². The number of nitrogens with zero attached hydrogens (tertiary/aromatic N) is 4. The summed E-state index contributed by atoms with van der Waals surface area (Å²) >= 11 is 6.48. The number of anilines is 2. The zero-order valence-corrected chi connectivity index (χ0v) is 18.2. The quantitative estimate of drug-likeness (QED) is 0.575. The summed E-state index contributed by atoms with van der Waals surface area (Å²) < 4.78 is 1.79. The molecule has 154 valence electrons. The third kappa shape index (κ3) is 3.57. The first-order chi connectivity index (χ1) is 14.4. The second-order valence-corrected chi connectivity index (χ2v) is 7.89. The summed E-state index contributed by atoms with van der Waals surface area (Å²) in [6, 6.07) is 9.56. The van der Waals surface area contributed by atoms with E-state index in [4.69, 9.17) is 22.0 Å². The molecule has 0 saturated carbocycles. The normalized spacial score (nSPS) is 17.5. The smallest absolute Gasteiger partial charge is 0.228 e. The summed E-state index contributed by atoms with van der Waals surface area (Å²) in [7, 11) is 3.73. The maximum atomic E-state index is 8.75. The lowest BCUT2D eigenvalue weighted by molar-refractivity contribution is 0.742. The van der Waals surface area contributed by atoms with Gasteiger partial charge in [0.15, 0.2) is 5.82 Å². The molecule has 30 heavy (non-hydrogen) atoms. The Kier molecular flexibility index (Phi) is 5.30. The molecule has 0 spiro atoms. The van der Waals surface area contributed by atoms with Crippen molar-refractivity contribution in [1.82, 2.24) is 25.1 Å². The van der Waals surface area contributed by atoms with Crippen LogP contribution < -0.4 is 10.6 Å². The van der Waals surface area contributed by atoms with E-state index in [-0.39, 0.29) is 5.92 Å². The van der Waals surface area contributed by atoms with Crippen LogP contribution in [0.3, 0.4) is 0 Å². The average Bonchev–Trinajstić information content (AvgIpc) is 3.02. The zero-order valence-electron chi connectivity index (χ0n) is 17.4. The highest BCUT2D eigenvalue weighted by molar-refractivity contribution is 6.35. The number of rotatable bonds is 4. The van der Waals surface area contributed by atoms with Crippen molar-refractivity contribution in [2.45, 2.75) is 26.2 Å². The van der Waals surface area contributed by atoms with Gasteiger partial charge in [0.25, 0.3) is 0 Å². The lowest BCUT2D eigenvalue weighted by Gasteiger charge is -2.27. The Hall–Kier alpha value is -3.19. The summed E-state index contributed by atoms with van der Waals surface area (Å²) in [6.45, 7) is 4.08. The highest BCUT2D eigenvalue weighted by Gasteiger charge is 2.30. The summed E-state index contributed by atoms with van der Waals surface area (Å²) in [5.74, 6) is 1.28. The van der Waals surface area contributed by atoms with E-state index in [9.17, 15) is 0 Å². The number of aryl methyl sites for hydroxylation is 2. The number of allylic oxidation sites excluding steroid dienone is 1. The minimum absolute atomic E-state index is 0.159. The molecule has 3 N–H and O–H groups in total. The molecule has 8 heteroatoms. The van der Waals surface area contributed by atoms with Crippen LogP contribution in [0.5, 0.6) is 0 Å². The van der Waals surface area contributed by atoms with E-state index >= 15 is 0 Å². The van der Waals surface area contributed by atoms with E-state index < -0.39 is 0 Å². The maximum Gasteiger partial charge on any atom is 0.228 e. The highest BCUT2D eigenvalue weighted by atomic mass is 35.5. The molecule has 1 atom stereocenters. The van der Waals surface area contributed by atoms with Gasteiger partial charge in [-0.1, -0.05) is 36.7 Å². The SMILES string of the molecule is CN/C(=C1\C(=N)CC(C)c2cnc(Nc3cc(C)n(C)n3)nc21)c1ccccc1Cl. The van der Waals surface area contributed by atoms with E-state index in [1.165, 1.54) is 0 Å². The second-order valence-electron chi connectivity index (χ2n) is 7.48. The van der Waals surface area contributed by atoms with Gasteiger partial charge in [0.05, 0.1) is 11.4 Å². The van der Waals surface area contributed by atoms with Gasteiger partial charge in [0.1, 0.15) is 0 Å². The van der Waals surface area contributed by atoms with Gasteiger partial charge in [-0.3, -0.25) is 4.68 Å². The molecule has 0 saturated heterocycles. The number of benzene rings is 1. The second kappa shape index (κ2) is 7.91. The fourth-order valence-electron chi connectivity index (χ4n) is 3.74. The molecule has 0 aliphatic heterocycles. The van der Waals surface area contributed by atoms with Crippen molar-refractivity contribution in [2.75, 3.05) is 12.4 Å². The molecule has 0 fully saturated rings. The fourth-order valence-corrected chi connectivity index (χ4v) is 3.97. The van der Waals surface area contributed by atoms with Crippen LogP contribution in [0.1, 0.15) is 41.8 Å². The Morgan fingerprint density at radius 1 is 1.30 bits per heavy atom. The largest absolute Gasteiger partial charge is 0.387 e. The number of hydrogen-bond acceptors (Lipinski definition) is 6. The molecule has 0 radical (unpaired) electrons. The lowest BCUT2D eigenvalue weighted by atomic mass is 9.81. The van der Waals surface area contributed by atoms with E-state index in [2.05, 4.69) is 27.6 Å². The first-order valence-corrected chi connectivity index (χ1v) is 10.2. The maximum absolute atomic E-state index is 8.75. The van der Waals surface area contributed by atoms with E-state index in [0.29, 0.717) is 28.9 Å². The van der Waals surface area contributed by atoms with Gasteiger partial charge in [0.2, 0.25) is 5.95 Å². The molecule has 1 unspecified atom stereocenters. The molecule has 4 rings (SSSR count). The third-order valence-electron chi connectivity index (χ3n) is 5.39. The summed E-state index contributed by atoms with van der Waals surface area (Å²) in [6.07, 6.45) is 2.46. The van der Waals surface area contributed by atoms with Crippen LogP contribution in [0.15, 0.2) is 36.5 Å². The van der Waals surface area contributed by atoms with Crippen molar-refractivity contribution in [3.8, 4) is 0 Å². The molecule has 2 aromatic heterocycles. The molecule has 0 bridgehead atoms. The minimum Gasteiger partial charge on any atom is -0.387 e. The van der Waals surface area contributed by atoms with Crippen LogP contribution in [0, 0.1) is 12.3 Å². The summed E-state index contributed by atoms with van der Waals surface area (Å²) in [5.41, 5.74) is 5.70. The van der Waals surface area contributed by atoms with Gasteiger partial charge in [-0.05, 0) is 25.3 Å². The Bertz CT molecular complexity index is 1140. The van der Waals surface area contributed by atoms with Gasteiger partial charge in [-0.25, -0.2) is 9.97 Å². The first-order valence-electron chi connectivity index (χ1n) is 9.78. The van der Waals surface area contributed by atoms with Crippen LogP contribution in [0.4, 0.5) is 11.8 Å². The molecule has 7 nitrogen and oxygen atoms in total. The van der Waals surface area contributed by atoms with Crippen LogP contribution >= 0.6 is 11.6 Å². The van der Waals surface area contributed by atoms with Crippen LogP contribution in [-0.4, -0.2) is 32.5 Å². The summed E-state index contributed by atoms with van der Waals surface area (Å²) in [5, 5.41) is 20.2. The zero-order chi connectivity index (χ0) is 21.4. The van der Waals surface area contributed by atoms with Crippen LogP contribution in [0.2, 0.25) is 5.02 Å². The predicted molar refractivity (Wildman–Crippen MR) is 121 cm³/mol. The number of hydrogen-bond donors (Lipinski definition) is 3. The van der Waals surface area contributed by atoms with E-state index in [1.54, 1.807) is 4.68 Å². The van der Waals surface area contributed by atoms with E-state index in [0.717, 1.165) is 33.8 Å². The van der Waals surface area contributed by atoms with E-state index in [1.807, 2.05) is 57.5 Å². The van der Waals surface area contributed by atoms with Crippen LogP contribution in [-0.2, 0) is 7.05 Å². The number of halogens is 1. The minimum atomic E-state index is 0.159. The molecule has 1 aromatic carbocycles. The number of aromatic nitrogens is 4. The Balaban J connectivity index is 1.87. The topological polar surface area (TPSA) is 91.5 Å². The molecule has 3 aromatic rings. The number of nitrogens with one attached hydrogen (secondary N) is 3. The molecule has 1 aliphatic rings. The van der Waals surface area contributed by atoms with Gasteiger partial charge in [-0.2, -0.15) is 5.10 Å². The third-order valence-corrected chi connectivity index (χ3v) is 5.72. The Morgan fingerprint density at radius 3 is 2.73 bits per heavy atom. The van der Waals surface area contributed by atoms with Crippen molar-refractivity contribution in [3.05, 3.63) is 64.1 Å². The van der Waals surface area contributed by atoms with Crippen molar-refractivity contribution < 1.29 is 0 Å². The van der Waals surface area contributed by atoms with Gasteiger partial charge in [-0.15, -0.1) is 0 Å².